The topological polar surface area (TPSA) is 58.4 Å². The van der Waals surface area contributed by atoms with E-state index < -0.39 is 5.97 Å². The lowest BCUT2D eigenvalue weighted by atomic mass is 10.00. The standard InChI is InChI=1S/C13H19N3O2/c1-15-5-4-9(6-15)11-8-16-7-10(13(17)18)2-3-12(16)14-11/h8-10H,2-7H2,1H3,(H,17,18). The first-order chi connectivity index (χ1) is 8.63. The van der Waals surface area contributed by atoms with Crippen molar-refractivity contribution in [1.82, 2.24) is 14.5 Å². The Morgan fingerprint density at radius 3 is 2.94 bits per heavy atom. The molecule has 1 aromatic heterocycles. The minimum atomic E-state index is -0.684. The van der Waals surface area contributed by atoms with Crippen LogP contribution in [0.15, 0.2) is 6.20 Å². The number of aliphatic carboxylic acids is 1. The van der Waals surface area contributed by atoms with Crippen LogP contribution in [0.4, 0.5) is 0 Å². The molecule has 1 aromatic rings. The van der Waals surface area contributed by atoms with Gasteiger partial charge < -0.3 is 14.6 Å². The number of aryl methyl sites for hydroxylation is 1. The van der Waals surface area contributed by atoms with Gasteiger partial charge in [0.25, 0.3) is 0 Å². The molecule has 0 saturated carbocycles. The Morgan fingerprint density at radius 1 is 1.44 bits per heavy atom. The van der Waals surface area contributed by atoms with Crippen molar-refractivity contribution in [2.75, 3.05) is 20.1 Å². The highest BCUT2D eigenvalue weighted by Crippen LogP contribution is 2.28. The number of hydrogen-bond donors (Lipinski definition) is 1. The fourth-order valence-corrected chi connectivity index (χ4v) is 3.04. The maximum Gasteiger partial charge on any atom is 0.308 e. The number of likely N-dealkylation sites (tertiary alicyclic amines) is 1. The van der Waals surface area contributed by atoms with E-state index in [1.54, 1.807) is 0 Å². The third kappa shape index (κ3) is 2.03. The van der Waals surface area contributed by atoms with Crippen LogP contribution in [0, 0.1) is 5.92 Å². The Kier molecular flexibility index (Phi) is 2.86. The number of hydrogen-bond acceptors (Lipinski definition) is 3. The Morgan fingerprint density at radius 2 is 2.28 bits per heavy atom. The molecule has 0 bridgehead atoms. The van der Waals surface area contributed by atoms with Gasteiger partial charge in [-0.1, -0.05) is 0 Å². The molecule has 1 N–H and O–H groups in total. The fraction of sp³-hybridized carbons (Fsp3) is 0.692. The summed E-state index contributed by atoms with van der Waals surface area (Å²) in [6, 6.07) is 0. The Balaban J connectivity index is 1.79. The van der Waals surface area contributed by atoms with E-state index in [4.69, 9.17) is 10.1 Å². The van der Waals surface area contributed by atoms with Crippen LogP contribution in [-0.4, -0.2) is 45.7 Å². The van der Waals surface area contributed by atoms with E-state index in [1.807, 2.05) is 0 Å². The van der Waals surface area contributed by atoms with Crippen molar-refractivity contribution >= 4 is 5.97 Å². The van der Waals surface area contributed by atoms with E-state index in [2.05, 4.69) is 22.7 Å². The summed E-state index contributed by atoms with van der Waals surface area (Å²) in [5, 5.41) is 9.08. The normalized spacial score (nSPS) is 28.3. The lowest BCUT2D eigenvalue weighted by Gasteiger charge is -2.19. The SMILES string of the molecule is CN1CCC(c2cn3c(n2)CCC(C(=O)O)C3)C1. The van der Waals surface area contributed by atoms with Gasteiger partial charge in [-0.15, -0.1) is 0 Å². The quantitative estimate of drug-likeness (QED) is 0.847. The average Bonchev–Trinajstić information content (AvgIpc) is 2.93. The molecule has 0 radical (unpaired) electrons. The molecule has 2 aliphatic heterocycles. The number of nitrogens with zero attached hydrogens (tertiary/aromatic N) is 3. The molecule has 3 rings (SSSR count). The molecule has 5 nitrogen and oxygen atoms in total. The molecular weight excluding hydrogens is 230 g/mol. The minimum absolute atomic E-state index is 0.245. The molecular formula is C13H19N3O2. The molecule has 1 fully saturated rings. The molecule has 2 unspecified atom stereocenters. The predicted octanol–water partition coefficient (Wildman–Crippen LogP) is 0.949. The second-order valence-electron chi connectivity index (χ2n) is 5.56. The van der Waals surface area contributed by atoms with Gasteiger partial charge in [-0.2, -0.15) is 0 Å². The zero-order valence-corrected chi connectivity index (χ0v) is 10.7. The summed E-state index contributed by atoms with van der Waals surface area (Å²) in [4.78, 5) is 18.1. The van der Waals surface area contributed by atoms with Gasteiger partial charge in [0.2, 0.25) is 0 Å². The van der Waals surface area contributed by atoms with Gasteiger partial charge >= 0.3 is 5.97 Å². The van der Waals surface area contributed by atoms with E-state index in [0.717, 1.165) is 43.9 Å². The third-order valence-corrected chi connectivity index (χ3v) is 4.17. The first kappa shape index (κ1) is 11.7. The van der Waals surface area contributed by atoms with Crippen LogP contribution in [0.25, 0.3) is 0 Å². The highest BCUT2D eigenvalue weighted by molar-refractivity contribution is 5.70. The second-order valence-corrected chi connectivity index (χ2v) is 5.56. The van der Waals surface area contributed by atoms with Gasteiger partial charge in [0.1, 0.15) is 5.82 Å². The molecule has 2 aliphatic rings. The summed E-state index contributed by atoms with van der Waals surface area (Å²) in [6.07, 6.45) is 4.75. The predicted molar refractivity (Wildman–Crippen MR) is 66.5 cm³/mol. The van der Waals surface area contributed by atoms with Crippen LogP contribution < -0.4 is 0 Å². The molecule has 3 heterocycles. The number of carbonyl (C=O) groups is 1. The number of likely N-dealkylation sites (N-methyl/N-ethyl adjacent to an activating group) is 1. The maximum absolute atomic E-state index is 11.0. The molecule has 18 heavy (non-hydrogen) atoms. The summed E-state index contributed by atoms with van der Waals surface area (Å²) in [6.45, 7) is 2.78. The molecule has 0 aliphatic carbocycles. The second kappa shape index (κ2) is 4.39. The monoisotopic (exact) mass is 249 g/mol. The van der Waals surface area contributed by atoms with Gasteiger partial charge in [-0.05, 0) is 26.4 Å². The highest BCUT2D eigenvalue weighted by Gasteiger charge is 2.28. The summed E-state index contributed by atoms with van der Waals surface area (Å²) in [5.41, 5.74) is 1.15. The van der Waals surface area contributed by atoms with E-state index in [-0.39, 0.29) is 5.92 Å². The van der Waals surface area contributed by atoms with Gasteiger partial charge in [-0.25, -0.2) is 4.98 Å². The van der Waals surface area contributed by atoms with E-state index in [9.17, 15) is 4.79 Å². The molecule has 0 spiro atoms. The number of imidazole rings is 1. The molecule has 2 atom stereocenters. The zero-order chi connectivity index (χ0) is 12.7. The van der Waals surface area contributed by atoms with E-state index in [0.29, 0.717) is 12.5 Å². The Bertz CT molecular complexity index is 469. The van der Waals surface area contributed by atoms with Gasteiger partial charge in [0, 0.05) is 31.6 Å². The average molecular weight is 249 g/mol. The molecule has 98 valence electrons. The van der Waals surface area contributed by atoms with Crippen molar-refractivity contribution in [2.45, 2.75) is 31.7 Å². The lowest BCUT2D eigenvalue weighted by Crippen LogP contribution is -2.26. The molecule has 0 aromatic carbocycles. The largest absolute Gasteiger partial charge is 0.481 e. The van der Waals surface area contributed by atoms with Crippen molar-refractivity contribution in [3.63, 3.8) is 0 Å². The van der Waals surface area contributed by atoms with Crippen molar-refractivity contribution in [3.05, 3.63) is 17.7 Å². The number of carboxylic acids is 1. The van der Waals surface area contributed by atoms with Crippen LogP contribution in [0.3, 0.4) is 0 Å². The first-order valence-electron chi connectivity index (χ1n) is 6.61. The Hall–Kier alpha value is -1.36. The van der Waals surface area contributed by atoms with Crippen LogP contribution in [0.2, 0.25) is 0 Å². The van der Waals surface area contributed by atoms with Crippen molar-refractivity contribution in [1.29, 1.82) is 0 Å². The van der Waals surface area contributed by atoms with Crippen LogP contribution in [0.5, 0.6) is 0 Å². The van der Waals surface area contributed by atoms with Gasteiger partial charge in [0.05, 0.1) is 11.6 Å². The summed E-state index contributed by atoms with van der Waals surface area (Å²) < 4.78 is 2.05. The zero-order valence-electron chi connectivity index (χ0n) is 10.7. The van der Waals surface area contributed by atoms with Crippen molar-refractivity contribution in [3.8, 4) is 0 Å². The van der Waals surface area contributed by atoms with E-state index >= 15 is 0 Å². The molecule has 1 saturated heterocycles. The van der Waals surface area contributed by atoms with E-state index in [1.165, 1.54) is 0 Å². The van der Waals surface area contributed by atoms with Crippen LogP contribution >= 0.6 is 0 Å². The third-order valence-electron chi connectivity index (χ3n) is 4.17. The fourth-order valence-electron chi connectivity index (χ4n) is 3.04. The summed E-state index contributed by atoms with van der Waals surface area (Å²) in [7, 11) is 2.14. The maximum atomic E-state index is 11.0. The smallest absolute Gasteiger partial charge is 0.308 e. The van der Waals surface area contributed by atoms with Gasteiger partial charge in [-0.3, -0.25) is 4.79 Å². The number of aromatic nitrogens is 2. The van der Waals surface area contributed by atoms with Gasteiger partial charge in [0.15, 0.2) is 0 Å². The number of rotatable bonds is 2. The summed E-state index contributed by atoms with van der Waals surface area (Å²) in [5.74, 6) is 0.663. The van der Waals surface area contributed by atoms with Crippen molar-refractivity contribution < 1.29 is 9.90 Å². The minimum Gasteiger partial charge on any atom is -0.481 e. The summed E-state index contributed by atoms with van der Waals surface area (Å²) >= 11 is 0. The van der Waals surface area contributed by atoms with Crippen molar-refractivity contribution in [2.24, 2.45) is 5.92 Å². The Labute approximate surface area is 106 Å². The molecule has 5 heteroatoms. The van der Waals surface area contributed by atoms with Crippen LogP contribution in [0.1, 0.15) is 30.3 Å². The first-order valence-corrected chi connectivity index (χ1v) is 6.61. The lowest BCUT2D eigenvalue weighted by molar-refractivity contribution is -0.142. The van der Waals surface area contributed by atoms with Crippen LogP contribution in [-0.2, 0) is 17.8 Å². The number of fused-ring (bicyclic) bond motifs is 1. The number of carboxylic acid groups (broad SMARTS) is 1. The highest BCUT2D eigenvalue weighted by atomic mass is 16.4. The molecule has 0 amide bonds.